The molecule has 2 aromatic heterocycles. The third-order valence-corrected chi connectivity index (χ3v) is 3.16. The summed E-state index contributed by atoms with van der Waals surface area (Å²) in [6.45, 7) is 0.653. The molecule has 0 saturated heterocycles. The summed E-state index contributed by atoms with van der Waals surface area (Å²) < 4.78 is 5.12. The summed E-state index contributed by atoms with van der Waals surface area (Å²) in [7, 11) is 1.62. The van der Waals surface area contributed by atoms with E-state index in [1.54, 1.807) is 13.3 Å². The number of nitrogens with zero attached hydrogens (tertiary/aromatic N) is 2. The zero-order valence-electron chi connectivity index (χ0n) is 11.7. The van der Waals surface area contributed by atoms with E-state index in [-0.39, 0.29) is 0 Å². The van der Waals surface area contributed by atoms with Crippen molar-refractivity contribution in [3.8, 4) is 17.1 Å². The van der Waals surface area contributed by atoms with Crippen molar-refractivity contribution < 1.29 is 4.74 Å². The van der Waals surface area contributed by atoms with Crippen LogP contribution in [0.5, 0.6) is 5.88 Å². The third kappa shape index (κ3) is 3.20. The molecule has 106 valence electrons. The Kier molecular flexibility index (Phi) is 3.82. The van der Waals surface area contributed by atoms with Gasteiger partial charge in [0.05, 0.1) is 25.0 Å². The number of hydrogen-bond acceptors (Lipinski definition) is 4. The predicted molar refractivity (Wildman–Crippen MR) is 82.1 cm³/mol. The second kappa shape index (κ2) is 6.09. The summed E-state index contributed by atoms with van der Waals surface area (Å²) >= 11 is 0. The van der Waals surface area contributed by atoms with E-state index in [1.165, 1.54) is 0 Å². The molecular formula is C16H16N4O. The van der Waals surface area contributed by atoms with Gasteiger partial charge in [0.2, 0.25) is 5.88 Å². The Labute approximate surface area is 123 Å². The quantitative estimate of drug-likeness (QED) is 0.754. The molecule has 0 amide bonds. The average molecular weight is 280 g/mol. The van der Waals surface area contributed by atoms with Crippen LogP contribution in [-0.2, 0) is 6.54 Å². The third-order valence-electron chi connectivity index (χ3n) is 3.16. The smallest absolute Gasteiger partial charge is 0.213 e. The first kappa shape index (κ1) is 13.2. The summed E-state index contributed by atoms with van der Waals surface area (Å²) in [5, 5.41) is 10.2. The van der Waals surface area contributed by atoms with Crippen LogP contribution >= 0.6 is 0 Å². The number of rotatable bonds is 5. The number of H-pyrrole nitrogens is 1. The molecule has 5 nitrogen and oxygen atoms in total. The first-order valence-corrected chi connectivity index (χ1v) is 6.69. The SMILES string of the molecule is COc1cccc(CNc2ccc(-c3ccn[nH]3)cc2)n1. The Morgan fingerprint density at radius 2 is 1.95 bits per heavy atom. The van der Waals surface area contributed by atoms with Crippen LogP contribution in [0.1, 0.15) is 5.69 Å². The second-order valence-electron chi connectivity index (χ2n) is 4.57. The maximum Gasteiger partial charge on any atom is 0.213 e. The molecule has 5 heteroatoms. The molecule has 0 aliphatic heterocycles. The van der Waals surface area contributed by atoms with Gasteiger partial charge in [0.25, 0.3) is 0 Å². The average Bonchev–Trinajstić information content (AvgIpc) is 3.08. The molecule has 2 N–H and O–H groups in total. The van der Waals surface area contributed by atoms with Crippen molar-refractivity contribution in [1.29, 1.82) is 0 Å². The highest BCUT2D eigenvalue weighted by molar-refractivity contribution is 5.62. The highest BCUT2D eigenvalue weighted by Crippen LogP contribution is 2.19. The zero-order chi connectivity index (χ0) is 14.5. The molecule has 0 atom stereocenters. The maximum atomic E-state index is 5.12. The van der Waals surface area contributed by atoms with E-state index in [0.717, 1.165) is 22.6 Å². The van der Waals surface area contributed by atoms with Crippen molar-refractivity contribution in [3.05, 3.63) is 60.4 Å². The van der Waals surface area contributed by atoms with Gasteiger partial charge < -0.3 is 10.1 Å². The van der Waals surface area contributed by atoms with E-state index in [1.807, 2.05) is 36.4 Å². The van der Waals surface area contributed by atoms with Gasteiger partial charge in [-0.3, -0.25) is 5.10 Å². The Bertz CT molecular complexity index is 693. The Balaban J connectivity index is 1.65. The minimum Gasteiger partial charge on any atom is -0.481 e. The van der Waals surface area contributed by atoms with E-state index in [0.29, 0.717) is 12.4 Å². The fourth-order valence-corrected chi connectivity index (χ4v) is 2.05. The van der Waals surface area contributed by atoms with Gasteiger partial charge in [-0.05, 0) is 29.8 Å². The van der Waals surface area contributed by atoms with E-state index in [4.69, 9.17) is 4.74 Å². The van der Waals surface area contributed by atoms with Crippen molar-refractivity contribution in [2.75, 3.05) is 12.4 Å². The number of hydrogen-bond donors (Lipinski definition) is 2. The highest BCUT2D eigenvalue weighted by Gasteiger charge is 2.00. The number of benzene rings is 1. The lowest BCUT2D eigenvalue weighted by atomic mass is 10.1. The maximum absolute atomic E-state index is 5.12. The van der Waals surface area contributed by atoms with Crippen molar-refractivity contribution >= 4 is 5.69 Å². The standard InChI is InChI=1S/C16H16N4O/c1-21-16-4-2-3-14(19-16)11-17-13-7-5-12(6-8-13)15-9-10-18-20-15/h2-10,17H,11H2,1H3,(H,18,20). The van der Waals surface area contributed by atoms with E-state index < -0.39 is 0 Å². The van der Waals surface area contributed by atoms with Crippen LogP contribution in [0.15, 0.2) is 54.7 Å². The lowest BCUT2D eigenvalue weighted by molar-refractivity contribution is 0.396. The molecule has 0 aliphatic rings. The minimum absolute atomic E-state index is 0.629. The van der Waals surface area contributed by atoms with E-state index in [2.05, 4.69) is 32.6 Å². The molecule has 0 saturated carbocycles. The molecule has 21 heavy (non-hydrogen) atoms. The second-order valence-corrected chi connectivity index (χ2v) is 4.57. The van der Waals surface area contributed by atoms with Gasteiger partial charge in [-0.1, -0.05) is 18.2 Å². The van der Waals surface area contributed by atoms with E-state index >= 15 is 0 Å². The van der Waals surface area contributed by atoms with Crippen LogP contribution in [-0.4, -0.2) is 22.3 Å². The van der Waals surface area contributed by atoms with Crippen molar-refractivity contribution in [2.24, 2.45) is 0 Å². The highest BCUT2D eigenvalue weighted by atomic mass is 16.5. The molecule has 0 radical (unpaired) electrons. The molecule has 0 unspecified atom stereocenters. The molecule has 1 aromatic carbocycles. The first-order valence-electron chi connectivity index (χ1n) is 6.69. The summed E-state index contributed by atoms with van der Waals surface area (Å²) in [5.74, 6) is 0.629. The van der Waals surface area contributed by atoms with Crippen molar-refractivity contribution in [1.82, 2.24) is 15.2 Å². The van der Waals surface area contributed by atoms with Gasteiger partial charge in [0, 0.05) is 18.0 Å². The number of anilines is 1. The summed E-state index contributed by atoms with van der Waals surface area (Å²) in [4.78, 5) is 4.37. The van der Waals surface area contributed by atoms with Crippen molar-refractivity contribution in [2.45, 2.75) is 6.54 Å². The van der Waals surface area contributed by atoms with Crippen LogP contribution in [0, 0.1) is 0 Å². The molecule has 0 aliphatic carbocycles. The van der Waals surface area contributed by atoms with Gasteiger partial charge in [-0.25, -0.2) is 4.98 Å². The van der Waals surface area contributed by atoms with Gasteiger partial charge in [-0.15, -0.1) is 0 Å². The monoisotopic (exact) mass is 280 g/mol. The number of aromatic amines is 1. The lowest BCUT2D eigenvalue weighted by Gasteiger charge is -2.07. The molecule has 3 aromatic rings. The minimum atomic E-state index is 0.629. The van der Waals surface area contributed by atoms with E-state index in [9.17, 15) is 0 Å². The van der Waals surface area contributed by atoms with Crippen LogP contribution in [0.4, 0.5) is 5.69 Å². The van der Waals surface area contributed by atoms with Crippen LogP contribution in [0.3, 0.4) is 0 Å². The van der Waals surface area contributed by atoms with Crippen LogP contribution in [0.2, 0.25) is 0 Å². The number of pyridine rings is 1. The summed E-state index contributed by atoms with van der Waals surface area (Å²) in [5.41, 5.74) is 4.10. The van der Waals surface area contributed by atoms with Gasteiger partial charge in [0.15, 0.2) is 0 Å². The topological polar surface area (TPSA) is 62.8 Å². The molecule has 0 bridgehead atoms. The molecule has 3 rings (SSSR count). The number of aromatic nitrogens is 3. The summed E-state index contributed by atoms with van der Waals surface area (Å²) in [6, 6.07) is 15.9. The zero-order valence-corrected chi connectivity index (χ0v) is 11.7. The predicted octanol–water partition coefficient (Wildman–Crippen LogP) is 3.09. The normalized spacial score (nSPS) is 10.3. The van der Waals surface area contributed by atoms with Gasteiger partial charge in [0.1, 0.15) is 0 Å². The molecule has 0 fully saturated rings. The van der Waals surface area contributed by atoms with Gasteiger partial charge >= 0.3 is 0 Å². The number of methoxy groups -OCH3 is 1. The first-order chi connectivity index (χ1) is 10.3. The fourth-order valence-electron chi connectivity index (χ4n) is 2.05. The van der Waals surface area contributed by atoms with Crippen LogP contribution in [0.25, 0.3) is 11.3 Å². The lowest BCUT2D eigenvalue weighted by Crippen LogP contribution is -2.02. The molecule has 2 heterocycles. The van der Waals surface area contributed by atoms with Crippen molar-refractivity contribution in [3.63, 3.8) is 0 Å². The number of ether oxygens (including phenoxy) is 1. The van der Waals surface area contributed by atoms with Gasteiger partial charge in [-0.2, -0.15) is 5.10 Å². The Morgan fingerprint density at radius 3 is 2.67 bits per heavy atom. The van der Waals surface area contributed by atoms with Crippen LogP contribution < -0.4 is 10.1 Å². The molecular weight excluding hydrogens is 264 g/mol. The Morgan fingerprint density at radius 1 is 1.10 bits per heavy atom. The summed E-state index contributed by atoms with van der Waals surface area (Å²) in [6.07, 6.45) is 1.75. The largest absolute Gasteiger partial charge is 0.481 e. The fraction of sp³-hybridized carbons (Fsp3) is 0.125. The Hall–Kier alpha value is -2.82. The molecule has 0 spiro atoms. The number of nitrogens with one attached hydrogen (secondary N) is 2.